The molecule has 5 heteroatoms. The van der Waals surface area contributed by atoms with E-state index in [1.165, 1.54) is 12.8 Å². The Bertz CT molecular complexity index is 736. The van der Waals surface area contributed by atoms with E-state index in [4.69, 9.17) is 4.74 Å². The standard InChI is InChI=1S/C23H34N2O3/c1-5-6-10-24(4)11-7-21(27)25-12-8-23(9-13-25)16-19(26)22-18(3)14-17(2)15-20(22)28-23/h14-15H,5-13,16H2,1-4H3. The summed E-state index contributed by atoms with van der Waals surface area (Å²) in [5.74, 6) is 1.12. The van der Waals surface area contributed by atoms with Crippen LogP contribution in [-0.2, 0) is 4.79 Å². The first kappa shape index (κ1) is 20.8. The molecule has 0 bridgehead atoms. The lowest BCUT2D eigenvalue weighted by Gasteiger charge is -2.44. The van der Waals surface area contributed by atoms with E-state index in [2.05, 4.69) is 18.9 Å². The van der Waals surface area contributed by atoms with Crippen molar-refractivity contribution in [2.45, 2.75) is 64.9 Å². The molecule has 2 heterocycles. The van der Waals surface area contributed by atoms with Crippen LogP contribution in [0.4, 0.5) is 0 Å². The number of benzene rings is 1. The fourth-order valence-electron chi connectivity index (χ4n) is 4.44. The number of fused-ring (bicyclic) bond motifs is 1. The van der Waals surface area contributed by atoms with Crippen molar-refractivity contribution in [3.63, 3.8) is 0 Å². The lowest BCUT2D eigenvalue weighted by Crippen LogP contribution is -2.52. The van der Waals surface area contributed by atoms with Crippen molar-refractivity contribution in [2.75, 3.05) is 33.2 Å². The summed E-state index contributed by atoms with van der Waals surface area (Å²) < 4.78 is 6.40. The number of ketones is 1. The van der Waals surface area contributed by atoms with Gasteiger partial charge in [0, 0.05) is 38.9 Å². The van der Waals surface area contributed by atoms with E-state index < -0.39 is 5.60 Å². The highest BCUT2D eigenvalue weighted by Crippen LogP contribution is 2.41. The molecule has 2 aliphatic rings. The number of Topliss-reactive ketones (excluding diaryl/α,β-unsaturated/α-hetero) is 1. The number of carbonyl (C=O) groups excluding carboxylic acids is 2. The van der Waals surface area contributed by atoms with E-state index in [9.17, 15) is 9.59 Å². The number of rotatable bonds is 6. The Hall–Kier alpha value is -1.88. The van der Waals surface area contributed by atoms with Crippen molar-refractivity contribution >= 4 is 11.7 Å². The summed E-state index contributed by atoms with van der Waals surface area (Å²) in [6, 6.07) is 4.02. The van der Waals surface area contributed by atoms with Gasteiger partial charge in [0.05, 0.1) is 12.0 Å². The predicted octanol–water partition coefficient (Wildman–Crippen LogP) is 3.75. The third kappa shape index (κ3) is 4.57. The van der Waals surface area contributed by atoms with Gasteiger partial charge >= 0.3 is 0 Å². The second kappa shape index (κ2) is 8.64. The zero-order valence-electron chi connectivity index (χ0n) is 17.8. The predicted molar refractivity (Wildman–Crippen MR) is 111 cm³/mol. The third-order valence-corrected chi connectivity index (χ3v) is 6.16. The van der Waals surface area contributed by atoms with Crippen LogP contribution in [0.1, 0.15) is 66.9 Å². The van der Waals surface area contributed by atoms with Crippen LogP contribution in [0, 0.1) is 13.8 Å². The van der Waals surface area contributed by atoms with E-state index in [-0.39, 0.29) is 11.7 Å². The van der Waals surface area contributed by atoms with Gasteiger partial charge in [0.25, 0.3) is 0 Å². The van der Waals surface area contributed by atoms with Gasteiger partial charge in [-0.25, -0.2) is 0 Å². The second-order valence-corrected chi connectivity index (χ2v) is 8.63. The summed E-state index contributed by atoms with van der Waals surface area (Å²) in [7, 11) is 2.08. The molecule has 0 N–H and O–H groups in total. The molecule has 1 fully saturated rings. The normalized spacial score (nSPS) is 18.3. The van der Waals surface area contributed by atoms with Gasteiger partial charge in [-0.15, -0.1) is 0 Å². The van der Waals surface area contributed by atoms with Gasteiger partial charge in [0.2, 0.25) is 5.91 Å². The molecule has 0 aliphatic carbocycles. The first-order valence-electron chi connectivity index (χ1n) is 10.6. The minimum absolute atomic E-state index is 0.177. The van der Waals surface area contributed by atoms with Crippen molar-refractivity contribution in [3.05, 3.63) is 28.8 Å². The Labute approximate surface area is 169 Å². The summed E-state index contributed by atoms with van der Waals surface area (Å²) in [6.07, 6.45) is 4.78. The smallest absolute Gasteiger partial charge is 0.223 e. The molecule has 2 aliphatic heterocycles. The van der Waals surface area contributed by atoms with Crippen molar-refractivity contribution < 1.29 is 14.3 Å². The van der Waals surface area contributed by atoms with E-state index in [0.717, 1.165) is 48.4 Å². The van der Waals surface area contributed by atoms with Gasteiger partial charge in [-0.1, -0.05) is 19.4 Å². The van der Waals surface area contributed by atoms with Crippen LogP contribution in [0.2, 0.25) is 0 Å². The molecule has 5 nitrogen and oxygen atoms in total. The lowest BCUT2D eigenvalue weighted by molar-refractivity contribution is -0.135. The maximum atomic E-state index is 12.8. The fraction of sp³-hybridized carbons (Fsp3) is 0.652. The number of hydrogen-bond acceptors (Lipinski definition) is 4. The van der Waals surface area contributed by atoms with Crippen LogP contribution in [0.25, 0.3) is 0 Å². The van der Waals surface area contributed by atoms with Crippen LogP contribution in [0.5, 0.6) is 5.75 Å². The molecular weight excluding hydrogens is 352 g/mol. The summed E-state index contributed by atoms with van der Waals surface area (Å²) in [5.41, 5.74) is 2.40. The molecule has 3 rings (SSSR count). The first-order valence-corrected chi connectivity index (χ1v) is 10.6. The van der Waals surface area contributed by atoms with Gasteiger partial charge in [0.15, 0.2) is 5.78 Å². The highest BCUT2D eigenvalue weighted by molar-refractivity contribution is 6.01. The number of amides is 1. The van der Waals surface area contributed by atoms with Gasteiger partial charge in [-0.05, 0) is 51.1 Å². The highest BCUT2D eigenvalue weighted by Gasteiger charge is 2.44. The average molecular weight is 387 g/mol. The van der Waals surface area contributed by atoms with Crippen molar-refractivity contribution in [1.29, 1.82) is 0 Å². The molecule has 0 unspecified atom stereocenters. The van der Waals surface area contributed by atoms with Gasteiger partial charge in [-0.3, -0.25) is 9.59 Å². The molecule has 0 radical (unpaired) electrons. The van der Waals surface area contributed by atoms with Crippen LogP contribution < -0.4 is 4.74 Å². The highest BCUT2D eigenvalue weighted by atomic mass is 16.5. The SMILES string of the molecule is CCCCN(C)CCC(=O)N1CCC2(CC1)CC(=O)c1c(C)cc(C)cc1O2. The van der Waals surface area contributed by atoms with Crippen LogP contribution in [0.3, 0.4) is 0 Å². The largest absolute Gasteiger partial charge is 0.486 e. The number of carbonyl (C=O) groups is 2. The van der Waals surface area contributed by atoms with Crippen LogP contribution in [0.15, 0.2) is 12.1 Å². The minimum atomic E-state index is -0.445. The molecule has 1 aromatic rings. The quantitative estimate of drug-likeness (QED) is 0.747. The molecule has 1 saturated heterocycles. The zero-order valence-corrected chi connectivity index (χ0v) is 17.8. The van der Waals surface area contributed by atoms with E-state index in [1.807, 2.05) is 30.9 Å². The average Bonchev–Trinajstić information content (AvgIpc) is 2.64. The molecule has 0 aromatic heterocycles. The van der Waals surface area contributed by atoms with Crippen molar-refractivity contribution in [2.24, 2.45) is 0 Å². The Morgan fingerprint density at radius 2 is 1.93 bits per heavy atom. The fourth-order valence-corrected chi connectivity index (χ4v) is 4.44. The van der Waals surface area contributed by atoms with Gasteiger partial charge in [0.1, 0.15) is 11.4 Å². The number of nitrogens with zero attached hydrogens (tertiary/aromatic N) is 2. The molecule has 0 atom stereocenters. The molecule has 1 amide bonds. The molecule has 1 spiro atoms. The minimum Gasteiger partial charge on any atom is -0.486 e. The maximum absolute atomic E-state index is 12.8. The van der Waals surface area contributed by atoms with Crippen LogP contribution in [-0.4, -0.2) is 60.3 Å². The molecule has 0 saturated carbocycles. The number of hydrogen-bond donors (Lipinski definition) is 0. The maximum Gasteiger partial charge on any atom is 0.223 e. The van der Waals surface area contributed by atoms with E-state index >= 15 is 0 Å². The summed E-state index contributed by atoms with van der Waals surface area (Å²) in [5, 5.41) is 0. The van der Waals surface area contributed by atoms with Gasteiger partial charge < -0.3 is 14.5 Å². The third-order valence-electron chi connectivity index (χ3n) is 6.16. The summed E-state index contributed by atoms with van der Waals surface area (Å²) in [6.45, 7) is 9.38. The number of ether oxygens (including phenoxy) is 1. The number of likely N-dealkylation sites (tertiary alicyclic amines) is 1. The van der Waals surface area contributed by atoms with E-state index in [0.29, 0.717) is 25.9 Å². The first-order chi connectivity index (χ1) is 13.3. The number of piperidine rings is 1. The zero-order chi connectivity index (χ0) is 20.3. The van der Waals surface area contributed by atoms with Crippen LogP contribution >= 0.6 is 0 Å². The molecular formula is C23H34N2O3. The van der Waals surface area contributed by atoms with Crippen molar-refractivity contribution in [3.8, 4) is 5.75 Å². The monoisotopic (exact) mass is 386 g/mol. The van der Waals surface area contributed by atoms with Crippen molar-refractivity contribution in [1.82, 2.24) is 9.80 Å². The topological polar surface area (TPSA) is 49.9 Å². The Morgan fingerprint density at radius 3 is 2.61 bits per heavy atom. The lowest BCUT2D eigenvalue weighted by atomic mass is 9.81. The molecule has 154 valence electrons. The molecule has 28 heavy (non-hydrogen) atoms. The molecule has 1 aromatic carbocycles. The summed E-state index contributed by atoms with van der Waals surface area (Å²) in [4.78, 5) is 29.6. The Morgan fingerprint density at radius 1 is 1.21 bits per heavy atom. The van der Waals surface area contributed by atoms with Gasteiger partial charge in [-0.2, -0.15) is 0 Å². The summed E-state index contributed by atoms with van der Waals surface area (Å²) >= 11 is 0. The Kier molecular flexibility index (Phi) is 6.43. The second-order valence-electron chi connectivity index (χ2n) is 8.63. The number of aryl methyl sites for hydroxylation is 2. The number of unbranched alkanes of at least 4 members (excludes halogenated alkanes) is 1. The Balaban J connectivity index is 1.57. The van der Waals surface area contributed by atoms with E-state index in [1.54, 1.807) is 0 Å².